The monoisotopic (exact) mass is 224 g/mol. The van der Waals surface area contributed by atoms with Crippen LogP contribution in [0, 0.1) is 0 Å². The van der Waals surface area contributed by atoms with E-state index in [4.69, 9.17) is 16.1 Å². The Morgan fingerprint density at radius 1 is 1.33 bits per heavy atom. The van der Waals surface area contributed by atoms with Crippen molar-refractivity contribution in [3.8, 4) is 17.5 Å². The molecule has 5 nitrogen and oxygen atoms in total. The minimum Gasteiger partial charge on any atom is -0.376 e. The van der Waals surface area contributed by atoms with Crippen LogP contribution in [0.3, 0.4) is 0 Å². The molecule has 2 aromatic rings. The van der Waals surface area contributed by atoms with Crippen molar-refractivity contribution in [2.45, 2.75) is 0 Å². The van der Waals surface area contributed by atoms with Gasteiger partial charge >= 0.3 is 11.4 Å². The molecule has 0 fully saturated rings. The highest BCUT2D eigenvalue weighted by Crippen LogP contribution is 2.18. The third kappa shape index (κ3) is 2.32. The van der Waals surface area contributed by atoms with E-state index in [0.717, 1.165) is 5.56 Å². The molecular formula is C9H5ClN2O3. The van der Waals surface area contributed by atoms with Crippen LogP contribution in [0.25, 0.3) is 11.5 Å². The summed E-state index contributed by atoms with van der Waals surface area (Å²) in [6.07, 6.45) is 0. The first-order valence-electron chi connectivity index (χ1n) is 4.02. The third-order valence-electron chi connectivity index (χ3n) is 1.60. The van der Waals surface area contributed by atoms with Crippen LogP contribution in [-0.2, 0) is 0 Å². The molecule has 0 aliphatic carbocycles. The van der Waals surface area contributed by atoms with Crippen LogP contribution in [0.5, 0.6) is 6.01 Å². The molecule has 0 saturated heterocycles. The van der Waals surface area contributed by atoms with Gasteiger partial charge in [0.1, 0.15) is 0 Å². The summed E-state index contributed by atoms with van der Waals surface area (Å²) in [7, 11) is 0. The number of halogens is 1. The van der Waals surface area contributed by atoms with Crippen LogP contribution < -0.4 is 4.74 Å². The topological polar surface area (TPSA) is 65.2 Å². The highest BCUT2D eigenvalue weighted by atomic mass is 35.5. The van der Waals surface area contributed by atoms with E-state index in [9.17, 15) is 4.79 Å². The van der Waals surface area contributed by atoms with Crippen molar-refractivity contribution in [1.82, 2.24) is 10.1 Å². The van der Waals surface area contributed by atoms with Crippen molar-refractivity contribution in [3.05, 3.63) is 30.3 Å². The lowest BCUT2D eigenvalue weighted by Gasteiger charge is -1.90. The van der Waals surface area contributed by atoms with E-state index >= 15 is 0 Å². The van der Waals surface area contributed by atoms with Gasteiger partial charge in [-0.15, -0.1) is 0 Å². The Bertz CT molecular complexity index is 469. The standard InChI is InChI=1S/C9H5ClN2O3/c10-8(13)14-9-11-7(15-12-9)6-4-2-1-3-5-6/h1-5H. The number of benzene rings is 1. The SMILES string of the molecule is O=C(Cl)Oc1noc(-c2ccccc2)n1. The molecule has 6 heteroatoms. The third-order valence-corrected chi connectivity index (χ3v) is 1.68. The average molecular weight is 225 g/mol. The van der Waals surface area contributed by atoms with E-state index in [1.807, 2.05) is 18.2 Å². The molecule has 1 aromatic heterocycles. The highest BCUT2D eigenvalue weighted by molar-refractivity contribution is 6.61. The van der Waals surface area contributed by atoms with E-state index in [-0.39, 0.29) is 11.9 Å². The number of hydrogen-bond acceptors (Lipinski definition) is 5. The van der Waals surface area contributed by atoms with Gasteiger partial charge in [-0.05, 0) is 17.3 Å². The summed E-state index contributed by atoms with van der Waals surface area (Å²) in [5, 5.41) is 3.42. The number of carbonyl (C=O) groups excluding carboxylic acids is 1. The molecule has 1 heterocycles. The Hall–Kier alpha value is -1.88. The summed E-state index contributed by atoms with van der Waals surface area (Å²) in [5.41, 5.74) is -0.266. The molecule has 0 aliphatic rings. The lowest BCUT2D eigenvalue weighted by Crippen LogP contribution is -1.97. The van der Waals surface area contributed by atoms with E-state index < -0.39 is 5.43 Å². The summed E-state index contributed by atoms with van der Waals surface area (Å²) in [6, 6.07) is 8.90. The molecule has 0 bridgehead atoms. The molecule has 0 unspecified atom stereocenters. The summed E-state index contributed by atoms with van der Waals surface area (Å²) in [5.74, 6) is 0.267. The van der Waals surface area contributed by atoms with Crippen molar-refractivity contribution in [2.75, 3.05) is 0 Å². The van der Waals surface area contributed by atoms with Gasteiger partial charge in [-0.1, -0.05) is 18.2 Å². The van der Waals surface area contributed by atoms with E-state index in [0.29, 0.717) is 0 Å². The first kappa shape index (κ1) is 9.67. The summed E-state index contributed by atoms with van der Waals surface area (Å²) < 4.78 is 9.28. The smallest absolute Gasteiger partial charge is 0.376 e. The fraction of sp³-hybridized carbons (Fsp3) is 0. The van der Waals surface area contributed by atoms with E-state index in [2.05, 4.69) is 14.9 Å². The van der Waals surface area contributed by atoms with Crippen LogP contribution in [0.1, 0.15) is 0 Å². The zero-order valence-corrected chi connectivity index (χ0v) is 8.14. The van der Waals surface area contributed by atoms with Gasteiger partial charge in [0.25, 0.3) is 5.89 Å². The molecule has 76 valence electrons. The fourth-order valence-corrected chi connectivity index (χ4v) is 1.09. The molecule has 0 N–H and O–H groups in total. The maximum absolute atomic E-state index is 10.4. The number of carbonyl (C=O) groups is 1. The van der Waals surface area contributed by atoms with Crippen molar-refractivity contribution < 1.29 is 14.1 Å². The molecule has 0 saturated carbocycles. The largest absolute Gasteiger partial charge is 0.411 e. The highest BCUT2D eigenvalue weighted by Gasteiger charge is 2.11. The fourth-order valence-electron chi connectivity index (χ4n) is 1.02. The van der Waals surface area contributed by atoms with Crippen LogP contribution in [-0.4, -0.2) is 15.6 Å². The van der Waals surface area contributed by atoms with Crippen molar-refractivity contribution in [3.63, 3.8) is 0 Å². The van der Waals surface area contributed by atoms with Crippen LogP contribution in [0.4, 0.5) is 4.79 Å². The van der Waals surface area contributed by atoms with Crippen LogP contribution in [0.2, 0.25) is 0 Å². The molecule has 0 radical (unpaired) electrons. The Morgan fingerprint density at radius 3 is 2.73 bits per heavy atom. The van der Waals surface area contributed by atoms with Gasteiger partial charge in [0.05, 0.1) is 0 Å². The minimum absolute atomic E-state index is 0.200. The van der Waals surface area contributed by atoms with Gasteiger partial charge in [0, 0.05) is 17.2 Å². The summed E-state index contributed by atoms with van der Waals surface area (Å²) in [4.78, 5) is 14.2. The number of nitrogens with zero attached hydrogens (tertiary/aromatic N) is 2. The number of ether oxygens (including phenoxy) is 1. The first-order chi connectivity index (χ1) is 7.25. The Morgan fingerprint density at radius 2 is 2.07 bits per heavy atom. The lowest BCUT2D eigenvalue weighted by atomic mass is 10.2. The second kappa shape index (κ2) is 4.10. The van der Waals surface area contributed by atoms with Crippen LogP contribution in [0.15, 0.2) is 34.9 Å². The van der Waals surface area contributed by atoms with E-state index in [1.165, 1.54) is 0 Å². The average Bonchev–Trinajstić information content (AvgIpc) is 2.67. The van der Waals surface area contributed by atoms with Crippen LogP contribution >= 0.6 is 11.6 Å². The molecule has 15 heavy (non-hydrogen) atoms. The number of rotatable bonds is 2. The molecule has 0 amide bonds. The van der Waals surface area contributed by atoms with Gasteiger partial charge in [0.15, 0.2) is 0 Å². The molecule has 0 spiro atoms. The van der Waals surface area contributed by atoms with Gasteiger partial charge in [-0.25, -0.2) is 4.79 Å². The minimum atomic E-state index is -1.00. The quantitative estimate of drug-likeness (QED) is 0.733. The number of hydrogen-bond donors (Lipinski definition) is 0. The maximum atomic E-state index is 10.4. The number of aromatic nitrogens is 2. The van der Waals surface area contributed by atoms with E-state index in [1.54, 1.807) is 12.1 Å². The van der Waals surface area contributed by atoms with Gasteiger partial charge < -0.3 is 9.26 Å². The maximum Gasteiger partial charge on any atom is 0.411 e. The normalized spacial score (nSPS) is 9.93. The second-order valence-electron chi connectivity index (χ2n) is 2.59. The van der Waals surface area contributed by atoms with Crippen molar-refractivity contribution >= 4 is 17.0 Å². The predicted molar refractivity (Wildman–Crippen MR) is 51.6 cm³/mol. The second-order valence-corrected chi connectivity index (χ2v) is 2.90. The van der Waals surface area contributed by atoms with Gasteiger partial charge in [-0.2, -0.15) is 4.98 Å². The zero-order valence-electron chi connectivity index (χ0n) is 7.38. The van der Waals surface area contributed by atoms with Gasteiger partial charge in [-0.3, -0.25) is 0 Å². The molecule has 0 atom stereocenters. The Labute approximate surface area is 89.6 Å². The lowest BCUT2D eigenvalue weighted by molar-refractivity contribution is 0.219. The molecule has 1 aromatic carbocycles. The van der Waals surface area contributed by atoms with Gasteiger partial charge in [0.2, 0.25) is 0 Å². The molecule has 2 rings (SSSR count). The first-order valence-corrected chi connectivity index (χ1v) is 4.40. The van der Waals surface area contributed by atoms with Crippen molar-refractivity contribution in [2.24, 2.45) is 0 Å². The Balaban J connectivity index is 2.24. The Kier molecular flexibility index (Phi) is 2.64. The predicted octanol–water partition coefficient (Wildman–Crippen LogP) is 2.47. The molecular weight excluding hydrogens is 220 g/mol. The molecule has 0 aliphatic heterocycles. The zero-order chi connectivity index (χ0) is 10.7. The summed E-state index contributed by atoms with van der Waals surface area (Å²) >= 11 is 4.98. The summed E-state index contributed by atoms with van der Waals surface area (Å²) in [6.45, 7) is 0. The van der Waals surface area contributed by atoms with Crippen molar-refractivity contribution in [1.29, 1.82) is 0 Å².